The summed E-state index contributed by atoms with van der Waals surface area (Å²) in [5.41, 5.74) is 0.994. The van der Waals surface area contributed by atoms with Crippen molar-refractivity contribution in [1.82, 2.24) is 0 Å². The molecular formula is C10H10ClNO. The average Bonchev–Trinajstić information content (AvgIpc) is 2.53. The van der Waals surface area contributed by atoms with Crippen LogP contribution in [0.3, 0.4) is 0 Å². The number of hydrogen-bond acceptors (Lipinski definition) is 2. The van der Waals surface area contributed by atoms with Crippen LogP contribution in [-0.2, 0) is 4.74 Å². The summed E-state index contributed by atoms with van der Waals surface area (Å²) >= 11 is 5.77. The highest BCUT2D eigenvalue weighted by atomic mass is 35.5. The van der Waals surface area contributed by atoms with E-state index in [4.69, 9.17) is 16.3 Å². The minimum absolute atomic E-state index is 0.200. The molecule has 0 aromatic heterocycles. The van der Waals surface area contributed by atoms with Crippen LogP contribution < -0.4 is 0 Å². The first-order valence-electron chi connectivity index (χ1n) is 4.23. The van der Waals surface area contributed by atoms with Crippen LogP contribution in [0.5, 0.6) is 0 Å². The van der Waals surface area contributed by atoms with Crippen molar-refractivity contribution in [3.8, 4) is 0 Å². The smallest absolute Gasteiger partial charge is 0.216 e. The van der Waals surface area contributed by atoms with Gasteiger partial charge in [-0.15, -0.1) is 0 Å². The Labute approximate surface area is 82.2 Å². The van der Waals surface area contributed by atoms with Gasteiger partial charge in [-0.3, -0.25) is 0 Å². The van der Waals surface area contributed by atoms with E-state index >= 15 is 0 Å². The fourth-order valence-corrected chi connectivity index (χ4v) is 1.35. The van der Waals surface area contributed by atoms with Gasteiger partial charge in [-0.05, 0) is 31.2 Å². The molecule has 2 rings (SSSR count). The molecule has 1 heterocycles. The molecular weight excluding hydrogens is 186 g/mol. The van der Waals surface area contributed by atoms with Gasteiger partial charge in [0.05, 0.1) is 6.54 Å². The van der Waals surface area contributed by atoms with Crippen LogP contribution in [0.15, 0.2) is 29.3 Å². The lowest BCUT2D eigenvalue weighted by Crippen LogP contribution is -2.08. The predicted octanol–water partition coefficient (Wildman–Crippen LogP) is 2.51. The van der Waals surface area contributed by atoms with Crippen molar-refractivity contribution in [2.75, 3.05) is 6.54 Å². The van der Waals surface area contributed by atoms with Crippen molar-refractivity contribution in [2.45, 2.75) is 13.0 Å². The summed E-state index contributed by atoms with van der Waals surface area (Å²) < 4.78 is 5.49. The molecule has 0 saturated heterocycles. The van der Waals surface area contributed by atoms with Crippen LogP contribution >= 0.6 is 11.6 Å². The average molecular weight is 196 g/mol. The van der Waals surface area contributed by atoms with Gasteiger partial charge in [0.1, 0.15) is 6.10 Å². The standard InChI is InChI=1S/C10H10ClNO/c1-7-6-12-10(13-7)8-2-4-9(11)5-3-8/h2-5,7H,6H2,1H3/t7-/m1/s1. The number of aliphatic imine (C=N–C) groups is 1. The van der Waals surface area contributed by atoms with E-state index in [0.717, 1.165) is 23.0 Å². The highest BCUT2D eigenvalue weighted by Crippen LogP contribution is 2.14. The molecule has 1 aliphatic rings. The molecule has 1 atom stereocenters. The molecule has 1 aromatic rings. The van der Waals surface area contributed by atoms with Crippen LogP contribution in [0.25, 0.3) is 0 Å². The van der Waals surface area contributed by atoms with Gasteiger partial charge in [-0.2, -0.15) is 0 Å². The van der Waals surface area contributed by atoms with E-state index in [1.165, 1.54) is 0 Å². The zero-order valence-electron chi connectivity index (χ0n) is 7.33. The summed E-state index contributed by atoms with van der Waals surface area (Å²) in [5, 5.41) is 0.732. The van der Waals surface area contributed by atoms with Gasteiger partial charge in [0.2, 0.25) is 5.90 Å². The third kappa shape index (κ3) is 1.83. The molecule has 1 aromatic carbocycles. The lowest BCUT2D eigenvalue weighted by molar-refractivity contribution is 0.246. The van der Waals surface area contributed by atoms with Gasteiger partial charge in [0.15, 0.2) is 0 Å². The maximum Gasteiger partial charge on any atom is 0.216 e. The van der Waals surface area contributed by atoms with Crippen LogP contribution in [0.1, 0.15) is 12.5 Å². The topological polar surface area (TPSA) is 21.6 Å². The molecule has 0 amide bonds. The van der Waals surface area contributed by atoms with Gasteiger partial charge >= 0.3 is 0 Å². The molecule has 0 radical (unpaired) electrons. The number of rotatable bonds is 1. The van der Waals surface area contributed by atoms with Crippen molar-refractivity contribution in [3.63, 3.8) is 0 Å². The van der Waals surface area contributed by atoms with E-state index in [2.05, 4.69) is 4.99 Å². The van der Waals surface area contributed by atoms with Gasteiger partial charge < -0.3 is 4.74 Å². The van der Waals surface area contributed by atoms with Crippen molar-refractivity contribution >= 4 is 17.5 Å². The zero-order chi connectivity index (χ0) is 9.26. The molecule has 13 heavy (non-hydrogen) atoms. The molecule has 2 nitrogen and oxygen atoms in total. The minimum Gasteiger partial charge on any atom is -0.472 e. The highest BCUT2D eigenvalue weighted by molar-refractivity contribution is 6.30. The first-order chi connectivity index (χ1) is 6.25. The number of halogens is 1. The number of hydrogen-bond donors (Lipinski definition) is 0. The number of nitrogens with zero attached hydrogens (tertiary/aromatic N) is 1. The third-order valence-electron chi connectivity index (χ3n) is 1.90. The predicted molar refractivity (Wildman–Crippen MR) is 53.4 cm³/mol. The summed E-state index contributed by atoms with van der Waals surface area (Å²) in [6.45, 7) is 2.75. The monoisotopic (exact) mass is 195 g/mol. The van der Waals surface area contributed by atoms with Crippen molar-refractivity contribution in [2.24, 2.45) is 4.99 Å². The molecule has 0 aliphatic carbocycles. The Morgan fingerprint density at radius 3 is 2.62 bits per heavy atom. The summed E-state index contributed by atoms with van der Waals surface area (Å²) in [4.78, 5) is 4.27. The van der Waals surface area contributed by atoms with E-state index in [1.54, 1.807) is 0 Å². The van der Waals surface area contributed by atoms with E-state index in [-0.39, 0.29) is 6.10 Å². The summed E-state index contributed by atoms with van der Waals surface area (Å²) in [6, 6.07) is 7.51. The Balaban J connectivity index is 2.22. The Morgan fingerprint density at radius 1 is 1.38 bits per heavy atom. The van der Waals surface area contributed by atoms with Crippen molar-refractivity contribution in [1.29, 1.82) is 0 Å². The fraction of sp³-hybridized carbons (Fsp3) is 0.300. The third-order valence-corrected chi connectivity index (χ3v) is 2.15. The number of benzene rings is 1. The number of ether oxygens (including phenoxy) is 1. The van der Waals surface area contributed by atoms with Crippen molar-refractivity contribution in [3.05, 3.63) is 34.9 Å². The Morgan fingerprint density at radius 2 is 2.08 bits per heavy atom. The molecule has 0 fully saturated rings. The summed E-state index contributed by atoms with van der Waals surface area (Å²) in [6.07, 6.45) is 0.200. The maximum absolute atomic E-state index is 5.77. The quantitative estimate of drug-likeness (QED) is 0.675. The SMILES string of the molecule is C[C@@H]1CN=C(c2ccc(Cl)cc2)O1. The van der Waals surface area contributed by atoms with Crippen LogP contribution in [0.4, 0.5) is 0 Å². The largest absolute Gasteiger partial charge is 0.472 e. The van der Waals surface area contributed by atoms with Gasteiger partial charge in [-0.25, -0.2) is 4.99 Å². The summed E-state index contributed by atoms with van der Waals surface area (Å²) in [7, 11) is 0. The van der Waals surface area contributed by atoms with Gasteiger partial charge in [0, 0.05) is 10.6 Å². The van der Waals surface area contributed by atoms with Crippen LogP contribution in [0, 0.1) is 0 Å². The Bertz CT molecular complexity index is 331. The Hall–Kier alpha value is -1.02. The van der Waals surface area contributed by atoms with Crippen LogP contribution in [0.2, 0.25) is 5.02 Å². The zero-order valence-corrected chi connectivity index (χ0v) is 8.08. The second kappa shape index (κ2) is 3.38. The molecule has 0 saturated carbocycles. The molecule has 68 valence electrons. The second-order valence-corrected chi connectivity index (χ2v) is 3.52. The molecule has 0 bridgehead atoms. The highest BCUT2D eigenvalue weighted by Gasteiger charge is 2.15. The second-order valence-electron chi connectivity index (χ2n) is 3.08. The maximum atomic E-state index is 5.77. The molecule has 0 N–H and O–H groups in total. The first-order valence-corrected chi connectivity index (χ1v) is 4.60. The van der Waals surface area contributed by atoms with E-state index in [9.17, 15) is 0 Å². The lowest BCUT2D eigenvalue weighted by Gasteiger charge is -2.04. The Kier molecular flexibility index (Phi) is 2.23. The van der Waals surface area contributed by atoms with Gasteiger partial charge in [0.25, 0.3) is 0 Å². The molecule has 0 spiro atoms. The van der Waals surface area contributed by atoms with E-state index < -0.39 is 0 Å². The lowest BCUT2D eigenvalue weighted by atomic mass is 10.2. The minimum atomic E-state index is 0.200. The normalized spacial score (nSPS) is 21.1. The molecule has 0 unspecified atom stereocenters. The van der Waals surface area contributed by atoms with Crippen molar-refractivity contribution < 1.29 is 4.74 Å². The van der Waals surface area contributed by atoms with E-state index in [1.807, 2.05) is 31.2 Å². The summed E-state index contributed by atoms with van der Waals surface area (Å²) in [5.74, 6) is 0.726. The molecule has 1 aliphatic heterocycles. The van der Waals surface area contributed by atoms with E-state index in [0.29, 0.717) is 0 Å². The fourth-order valence-electron chi connectivity index (χ4n) is 1.23. The molecule has 3 heteroatoms. The van der Waals surface area contributed by atoms with Crippen LogP contribution in [-0.4, -0.2) is 18.5 Å². The first kappa shape index (κ1) is 8.57. The van der Waals surface area contributed by atoms with Gasteiger partial charge in [-0.1, -0.05) is 11.6 Å².